The highest BCUT2D eigenvalue weighted by Gasteiger charge is 2.22. The maximum atomic E-state index is 9.17. The first kappa shape index (κ1) is 13.5. The van der Waals surface area contributed by atoms with E-state index in [-0.39, 0.29) is 0 Å². The Hall–Kier alpha value is -3.21. The van der Waals surface area contributed by atoms with Crippen LogP contribution in [-0.2, 0) is 0 Å². The van der Waals surface area contributed by atoms with Crippen molar-refractivity contribution in [2.24, 2.45) is 0 Å². The third-order valence-electron chi connectivity index (χ3n) is 4.00. The average molecular weight is 306 g/mol. The third-order valence-corrected chi connectivity index (χ3v) is 4.00. The number of aromatic nitrogens is 5. The molecule has 1 aliphatic rings. The van der Waals surface area contributed by atoms with Gasteiger partial charge in [0, 0.05) is 38.6 Å². The Morgan fingerprint density at radius 1 is 1.00 bits per heavy atom. The molecule has 3 aromatic heterocycles. The minimum Gasteiger partial charge on any atom is -0.354 e. The van der Waals surface area contributed by atoms with Crippen molar-refractivity contribution in [2.45, 2.75) is 0 Å². The van der Waals surface area contributed by atoms with Crippen LogP contribution in [0.3, 0.4) is 0 Å². The summed E-state index contributed by atoms with van der Waals surface area (Å²) in [6.07, 6.45) is 4.90. The van der Waals surface area contributed by atoms with Gasteiger partial charge >= 0.3 is 0 Å². The molecular weight excluding hydrogens is 292 g/mol. The van der Waals surface area contributed by atoms with Gasteiger partial charge in [-0.25, -0.2) is 9.97 Å². The fraction of sp³-hybridized carbons (Fsp3) is 0.267. The largest absolute Gasteiger partial charge is 0.354 e. The molecule has 0 saturated carbocycles. The lowest BCUT2D eigenvalue weighted by molar-refractivity contribution is 0.637. The van der Waals surface area contributed by atoms with E-state index in [9.17, 15) is 0 Å². The van der Waals surface area contributed by atoms with Crippen molar-refractivity contribution in [1.29, 1.82) is 5.26 Å². The van der Waals surface area contributed by atoms with Gasteiger partial charge < -0.3 is 9.80 Å². The Morgan fingerprint density at radius 2 is 1.78 bits per heavy atom. The fourth-order valence-corrected chi connectivity index (χ4v) is 2.88. The van der Waals surface area contributed by atoms with Crippen molar-refractivity contribution in [1.82, 2.24) is 24.6 Å². The average Bonchev–Trinajstić information content (AvgIpc) is 3.10. The van der Waals surface area contributed by atoms with Gasteiger partial charge in [-0.2, -0.15) is 5.26 Å². The molecule has 1 fully saturated rings. The highest BCUT2D eigenvalue weighted by molar-refractivity contribution is 5.54. The Morgan fingerprint density at radius 3 is 2.61 bits per heavy atom. The van der Waals surface area contributed by atoms with E-state index in [0.29, 0.717) is 11.5 Å². The normalized spacial score (nSPS) is 14.9. The third kappa shape index (κ3) is 2.32. The Bertz CT molecular complexity index is 872. The molecule has 0 unspecified atom stereocenters. The molecule has 0 N–H and O–H groups in total. The number of nitriles is 1. The molecule has 4 heterocycles. The first-order valence-corrected chi connectivity index (χ1v) is 7.36. The van der Waals surface area contributed by atoms with Gasteiger partial charge in [-0.05, 0) is 12.1 Å². The monoisotopic (exact) mass is 306 g/mol. The molecule has 4 rings (SSSR count). The zero-order valence-corrected chi connectivity index (χ0v) is 12.4. The molecule has 0 spiro atoms. The summed E-state index contributed by atoms with van der Waals surface area (Å²) in [5.74, 6) is 1.74. The summed E-state index contributed by atoms with van der Waals surface area (Å²) < 4.78 is 1.98. The van der Waals surface area contributed by atoms with Crippen LogP contribution in [0.4, 0.5) is 11.6 Å². The SMILES string of the molecule is N#Cc1nccnc1N1CCN(c2cccc3nncn23)CC1. The molecule has 0 aliphatic carbocycles. The van der Waals surface area contributed by atoms with Crippen LogP contribution in [0.15, 0.2) is 36.9 Å². The Balaban J connectivity index is 1.56. The number of hydrogen-bond donors (Lipinski definition) is 0. The molecule has 8 heteroatoms. The van der Waals surface area contributed by atoms with Crippen LogP contribution in [0.1, 0.15) is 5.69 Å². The van der Waals surface area contributed by atoms with Crippen molar-refractivity contribution in [2.75, 3.05) is 36.0 Å². The van der Waals surface area contributed by atoms with Crippen LogP contribution in [0, 0.1) is 11.3 Å². The number of anilines is 2. The number of hydrogen-bond acceptors (Lipinski definition) is 7. The number of rotatable bonds is 2. The second-order valence-corrected chi connectivity index (χ2v) is 5.26. The van der Waals surface area contributed by atoms with Crippen LogP contribution in [-0.4, -0.2) is 50.7 Å². The van der Waals surface area contributed by atoms with E-state index in [0.717, 1.165) is 37.6 Å². The van der Waals surface area contributed by atoms with Gasteiger partial charge in [0.15, 0.2) is 17.2 Å². The molecule has 8 nitrogen and oxygen atoms in total. The predicted octanol–water partition coefficient (Wildman–Crippen LogP) is 0.718. The van der Waals surface area contributed by atoms with Crippen molar-refractivity contribution in [3.8, 4) is 6.07 Å². The Labute approximate surface area is 132 Å². The van der Waals surface area contributed by atoms with E-state index in [1.807, 2.05) is 16.5 Å². The van der Waals surface area contributed by atoms with Crippen molar-refractivity contribution in [3.05, 3.63) is 42.6 Å². The lowest BCUT2D eigenvalue weighted by atomic mass is 10.2. The summed E-state index contributed by atoms with van der Waals surface area (Å²) in [7, 11) is 0. The molecule has 0 bridgehead atoms. The minimum atomic E-state index is 0.377. The smallest absolute Gasteiger partial charge is 0.183 e. The number of piperazine rings is 1. The standard InChI is InChI=1S/C15H14N8/c16-10-12-15(18-5-4-17-12)22-8-6-21(7-9-22)14-3-1-2-13-20-19-11-23(13)14/h1-5,11H,6-9H2. The van der Waals surface area contributed by atoms with E-state index in [2.05, 4.69) is 42.1 Å². The van der Waals surface area contributed by atoms with Crippen LogP contribution < -0.4 is 9.80 Å². The molecule has 0 amide bonds. The molecule has 0 radical (unpaired) electrons. The summed E-state index contributed by atoms with van der Waals surface area (Å²) in [5, 5.41) is 17.2. The summed E-state index contributed by atoms with van der Waals surface area (Å²) in [6, 6.07) is 8.10. The lowest BCUT2D eigenvalue weighted by Crippen LogP contribution is -2.47. The minimum absolute atomic E-state index is 0.377. The first-order chi connectivity index (χ1) is 11.4. The topological polar surface area (TPSA) is 86.2 Å². The summed E-state index contributed by atoms with van der Waals surface area (Å²) in [6.45, 7) is 3.23. The van der Waals surface area contributed by atoms with Crippen LogP contribution in [0.25, 0.3) is 5.65 Å². The number of fused-ring (bicyclic) bond motifs is 1. The highest BCUT2D eigenvalue weighted by atomic mass is 15.3. The molecular formula is C15H14N8. The zero-order chi connectivity index (χ0) is 15.6. The van der Waals surface area contributed by atoms with Gasteiger partial charge in [0.25, 0.3) is 0 Å². The second-order valence-electron chi connectivity index (χ2n) is 5.26. The molecule has 0 atom stereocenters. The molecule has 3 aromatic rings. The lowest BCUT2D eigenvalue weighted by Gasteiger charge is -2.36. The van der Waals surface area contributed by atoms with E-state index < -0.39 is 0 Å². The van der Waals surface area contributed by atoms with Crippen molar-refractivity contribution in [3.63, 3.8) is 0 Å². The summed E-state index contributed by atoms with van der Waals surface area (Å²) in [5.41, 5.74) is 1.22. The van der Waals surface area contributed by atoms with Crippen LogP contribution in [0.2, 0.25) is 0 Å². The molecule has 114 valence electrons. The molecule has 23 heavy (non-hydrogen) atoms. The van der Waals surface area contributed by atoms with Gasteiger partial charge in [-0.3, -0.25) is 4.40 Å². The van der Waals surface area contributed by atoms with Crippen molar-refractivity contribution >= 4 is 17.3 Å². The second kappa shape index (κ2) is 5.53. The van der Waals surface area contributed by atoms with Gasteiger partial charge in [-0.1, -0.05) is 6.07 Å². The van der Waals surface area contributed by atoms with Gasteiger partial charge in [0.2, 0.25) is 0 Å². The molecule has 1 aliphatic heterocycles. The van der Waals surface area contributed by atoms with Crippen LogP contribution in [0.5, 0.6) is 0 Å². The van der Waals surface area contributed by atoms with Gasteiger partial charge in [0.1, 0.15) is 18.2 Å². The van der Waals surface area contributed by atoms with E-state index in [1.165, 1.54) is 0 Å². The Kier molecular flexibility index (Phi) is 3.24. The summed E-state index contributed by atoms with van der Waals surface area (Å²) in [4.78, 5) is 12.8. The van der Waals surface area contributed by atoms with E-state index in [1.54, 1.807) is 18.7 Å². The van der Waals surface area contributed by atoms with E-state index >= 15 is 0 Å². The number of pyridine rings is 1. The summed E-state index contributed by atoms with van der Waals surface area (Å²) >= 11 is 0. The van der Waals surface area contributed by atoms with Crippen LogP contribution >= 0.6 is 0 Å². The van der Waals surface area contributed by atoms with Gasteiger partial charge in [0.05, 0.1) is 0 Å². The van der Waals surface area contributed by atoms with Gasteiger partial charge in [-0.15, -0.1) is 10.2 Å². The first-order valence-electron chi connectivity index (χ1n) is 7.36. The maximum absolute atomic E-state index is 9.17. The predicted molar refractivity (Wildman–Crippen MR) is 84.2 cm³/mol. The highest BCUT2D eigenvalue weighted by Crippen LogP contribution is 2.21. The fourth-order valence-electron chi connectivity index (χ4n) is 2.88. The van der Waals surface area contributed by atoms with Crippen molar-refractivity contribution < 1.29 is 0 Å². The van der Waals surface area contributed by atoms with E-state index in [4.69, 9.17) is 5.26 Å². The zero-order valence-electron chi connectivity index (χ0n) is 12.4. The molecule has 1 saturated heterocycles. The quantitative estimate of drug-likeness (QED) is 0.689. The molecule has 0 aromatic carbocycles. The maximum Gasteiger partial charge on any atom is 0.183 e. The number of nitrogens with zero attached hydrogens (tertiary/aromatic N) is 8.